The molecule has 0 unspecified atom stereocenters. The van der Waals surface area contributed by atoms with Crippen LogP contribution in [0.4, 0.5) is 10.5 Å². The fourth-order valence-corrected chi connectivity index (χ4v) is 3.29. The van der Waals surface area contributed by atoms with Gasteiger partial charge in [-0.2, -0.15) is 4.98 Å². The molecule has 0 fully saturated rings. The van der Waals surface area contributed by atoms with Crippen LogP contribution in [0.5, 0.6) is 0 Å². The van der Waals surface area contributed by atoms with Crippen LogP contribution in [-0.2, 0) is 17.3 Å². The zero-order chi connectivity index (χ0) is 24.2. The summed E-state index contributed by atoms with van der Waals surface area (Å²) in [6, 6.07) is 13.9. The van der Waals surface area contributed by atoms with E-state index in [1.165, 1.54) is 11.1 Å². The molecular weight excluding hydrogens is 412 g/mol. The van der Waals surface area contributed by atoms with Gasteiger partial charge in [-0.25, -0.2) is 4.79 Å². The Labute approximate surface area is 196 Å². The third-order valence-electron chi connectivity index (χ3n) is 5.36. The first-order valence-corrected chi connectivity index (χ1v) is 11.2. The fraction of sp³-hybridized carbons (Fsp3) is 0.370. The molecule has 0 aliphatic carbocycles. The Bertz CT molecular complexity index is 1080. The summed E-state index contributed by atoms with van der Waals surface area (Å²) in [6.45, 7) is 17.2. The highest BCUT2D eigenvalue weighted by molar-refractivity contribution is 5.89. The Balaban J connectivity index is 1.77. The van der Waals surface area contributed by atoms with Crippen LogP contribution in [0.15, 0.2) is 59.6 Å². The lowest BCUT2D eigenvalue weighted by Crippen LogP contribution is -2.28. The minimum absolute atomic E-state index is 0.0111. The predicted octanol–water partition coefficient (Wildman–Crippen LogP) is 6.23. The summed E-state index contributed by atoms with van der Waals surface area (Å²) in [4.78, 5) is 16.4. The van der Waals surface area contributed by atoms with Gasteiger partial charge in [0.25, 0.3) is 5.89 Å². The Morgan fingerprint density at radius 3 is 2.15 bits per heavy atom. The summed E-state index contributed by atoms with van der Waals surface area (Å²) >= 11 is 0. The SMILES string of the molecule is C=CCNC(=O)Nc1ccc(Cc2noc(-c3cc(C(C)(C)C)cc(C(C)(C)C)c3)n2)cc1. The van der Waals surface area contributed by atoms with Crippen LogP contribution in [0.2, 0.25) is 0 Å². The van der Waals surface area contributed by atoms with E-state index in [0.29, 0.717) is 30.4 Å². The lowest BCUT2D eigenvalue weighted by atomic mass is 9.79. The van der Waals surface area contributed by atoms with Crippen LogP contribution in [0.3, 0.4) is 0 Å². The standard InChI is InChI=1S/C27H34N4O2/c1-8-13-28-25(32)29-22-11-9-18(10-12-22)14-23-30-24(33-31-23)19-15-20(26(2,3)4)17-21(16-19)27(5,6)7/h8-12,15-17H,1,13-14H2,2-7H3,(H2,28,29,32). The van der Waals surface area contributed by atoms with E-state index in [9.17, 15) is 4.79 Å². The van der Waals surface area contributed by atoms with Crippen molar-refractivity contribution in [2.45, 2.75) is 58.8 Å². The lowest BCUT2D eigenvalue weighted by molar-refractivity contribution is 0.253. The number of nitrogens with zero attached hydrogens (tertiary/aromatic N) is 2. The number of nitrogens with one attached hydrogen (secondary N) is 2. The van der Waals surface area contributed by atoms with E-state index >= 15 is 0 Å². The largest absolute Gasteiger partial charge is 0.334 e. The average Bonchev–Trinajstić information content (AvgIpc) is 3.20. The highest BCUT2D eigenvalue weighted by atomic mass is 16.5. The average molecular weight is 447 g/mol. The third kappa shape index (κ3) is 6.54. The number of urea groups is 1. The van der Waals surface area contributed by atoms with Crippen molar-refractivity contribution in [1.82, 2.24) is 15.5 Å². The molecule has 0 bridgehead atoms. The summed E-state index contributed by atoms with van der Waals surface area (Å²) in [5, 5.41) is 9.66. The number of hydrogen-bond donors (Lipinski definition) is 2. The number of anilines is 1. The summed E-state index contributed by atoms with van der Waals surface area (Å²) in [7, 11) is 0. The molecule has 6 nitrogen and oxygen atoms in total. The van der Waals surface area contributed by atoms with Gasteiger partial charge in [-0.3, -0.25) is 0 Å². The number of hydrogen-bond acceptors (Lipinski definition) is 4. The van der Waals surface area contributed by atoms with Gasteiger partial charge in [-0.15, -0.1) is 6.58 Å². The maximum Gasteiger partial charge on any atom is 0.319 e. The van der Waals surface area contributed by atoms with Gasteiger partial charge in [-0.05, 0) is 51.8 Å². The highest BCUT2D eigenvalue weighted by Gasteiger charge is 2.22. The van der Waals surface area contributed by atoms with Gasteiger partial charge < -0.3 is 15.2 Å². The molecule has 0 spiro atoms. The van der Waals surface area contributed by atoms with E-state index in [1.807, 2.05) is 24.3 Å². The van der Waals surface area contributed by atoms with Crippen molar-refractivity contribution >= 4 is 11.7 Å². The third-order valence-corrected chi connectivity index (χ3v) is 5.36. The first-order valence-electron chi connectivity index (χ1n) is 11.2. The zero-order valence-electron chi connectivity index (χ0n) is 20.5. The normalized spacial score (nSPS) is 11.8. The second kappa shape index (κ2) is 9.61. The molecule has 0 aliphatic heterocycles. The van der Waals surface area contributed by atoms with Crippen LogP contribution in [0.25, 0.3) is 11.5 Å². The summed E-state index contributed by atoms with van der Waals surface area (Å²) < 4.78 is 5.64. The van der Waals surface area contributed by atoms with Gasteiger partial charge in [0.1, 0.15) is 0 Å². The van der Waals surface area contributed by atoms with Gasteiger partial charge >= 0.3 is 6.03 Å². The molecule has 174 valence electrons. The van der Waals surface area contributed by atoms with Gasteiger partial charge in [-0.1, -0.05) is 71.0 Å². The lowest BCUT2D eigenvalue weighted by Gasteiger charge is -2.25. The van der Waals surface area contributed by atoms with Crippen LogP contribution >= 0.6 is 0 Å². The Morgan fingerprint density at radius 2 is 1.61 bits per heavy atom. The van der Waals surface area contributed by atoms with E-state index < -0.39 is 0 Å². The van der Waals surface area contributed by atoms with Crippen LogP contribution in [-0.4, -0.2) is 22.7 Å². The van der Waals surface area contributed by atoms with E-state index in [2.05, 4.69) is 87.1 Å². The molecule has 1 heterocycles. The Kier molecular flexibility index (Phi) is 7.06. The minimum Gasteiger partial charge on any atom is -0.334 e. The summed E-state index contributed by atoms with van der Waals surface area (Å²) in [6.07, 6.45) is 2.17. The molecule has 2 amide bonds. The number of carbonyl (C=O) groups excluding carboxylic acids is 1. The zero-order valence-corrected chi connectivity index (χ0v) is 20.5. The first-order chi connectivity index (χ1) is 15.5. The number of amides is 2. The van der Waals surface area contributed by atoms with Gasteiger partial charge in [0, 0.05) is 24.2 Å². The van der Waals surface area contributed by atoms with Crippen molar-refractivity contribution < 1.29 is 9.32 Å². The highest BCUT2D eigenvalue weighted by Crippen LogP contribution is 2.33. The smallest absolute Gasteiger partial charge is 0.319 e. The van der Waals surface area contributed by atoms with E-state index in [-0.39, 0.29) is 16.9 Å². The molecule has 0 saturated heterocycles. The maximum atomic E-state index is 11.8. The van der Waals surface area contributed by atoms with Crippen LogP contribution < -0.4 is 10.6 Å². The molecule has 0 radical (unpaired) electrons. The summed E-state index contributed by atoms with van der Waals surface area (Å²) in [5.74, 6) is 1.15. The van der Waals surface area contributed by atoms with Crippen molar-refractivity contribution in [2.75, 3.05) is 11.9 Å². The van der Waals surface area contributed by atoms with Crippen molar-refractivity contribution in [3.05, 3.63) is 77.6 Å². The molecule has 3 rings (SSSR count). The molecule has 33 heavy (non-hydrogen) atoms. The van der Waals surface area contributed by atoms with Crippen LogP contribution in [0, 0.1) is 0 Å². The van der Waals surface area contributed by atoms with Crippen molar-refractivity contribution in [3.63, 3.8) is 0 Å². The number of benzene rings is 2. The Morgan fingerprint density at radius 1 is 1.00 bits per heavy atom. The Hall–Kier alpha value is -3.41. The second-order valence-corrected chi connectivity index (χ2v) is 10.3. The number of aromatic nitrogens is 2. The van der Waals surface area contributed by atoms with Gasteiger partial charge in [0.05, 0.1) is 0 Å². The molecule has 3 aromatic rings. The minimum atomic E-state index is -0.266. The first kappa shape index (κ1) is 24.2. The monoisotopic (exact) mass is 446 g/mol. The topological polar surface area (TPSA) is 80.0 Å². The van der Waals surface area contributed by atoms with Crippen molar-refractivity contribution in [2.24, 2.45) is 0 Å². The molecule has 1 aromatic heterocycles. The van der Waals surface area contributed by atoms with E-state index in [4.69, 9.17) is 4.52 Å². The molecule has 2 aromatic carbocycles. The molecular formula is C27H34N4O2. The maximum absolute atomic E-state index is 11.8. The quantitative estimate of drug-likeness (QED) is 0.440. The number of rotatable bonds is 6. The van der Waals surface area contributed by atoms with Crippen LogP contribution in [0.1, 0.15) is 64.1 Å². The van der Waals surface area contributed by atoms with Gasteiger partial charge in [0.15, 0.2) is 5.82 Å². The fourth-order valence-electron chi connectivity index (χ4n) is 3.29. The predicted molar refractivity (Wildman–Crippen MR) is 134 cm³/mol. The summed E-state index contributed by atoms with van der Waals surface area (Å²) in [5.41, 5.74) is 5.18. The van der Waals surface area contributed by atoms with Crippen molar-refractivity contribution in [3.8, 4) is 11.5 Å². The second-order valence-electron chi connectivity index (χ2n) is 10.3. The molecule has 0 atom stereocenters. The van der Waals surface area contributed by atoms with E-state index in [0.717, 1.165) is 11.1 Å². The van der Waals surface area contributed by atoms with Gasteiger partial charge in [0.2, 0.25) is 0 Å². The number of carbonyl (C=O) groups is 1. The molecule has 0 aliphatic rings. The van der Waals surface area contributed by atoms with E-state index in [1.54, 1.807) is 6.08 Å². The molecule has 6 heteroatoms. The van der Waals surface area contributed by atoms with Crippen molar-refractivity contribution in [1.29, 1.82) is 0 Å². The molecule has 0 saturated carbocycles. The molecule has 2 N–H and O–H groups in total.